The van der Waals surface area contributed by atoms with E-state index >= 15 is 0 Å². The molecule has 0 bridgehead atoms. The summed E-state index contributed by atoms with van der Waals surface area (Å²) in [6.07, 6.45) is 2.81. The lowest BCUT2D eigenvalue weighted by molar-refractivity contribution is 0.199. The van der Waals surface area contributed by atoms with Gasteiger partial charge in [0, 0.05) is 6.42 Å². The van der Waals surface area contributed by atoms with E-state index in [2.05, 4.69) is 6.07 Å². The van der Waals surface area contributed by atoms with E-state index < -0.39 is 10.1 Å². The Morgan fingerprint density at radius 2 is 1.79 bits per heavy atom. The van der Waals surface area contributed by atoms with Gasteiger partial charge < -0.3 is 4.74 Å². The van der Waals surface area contributed by atoms with Gasteiger partial charge in [0.25, 0.3) is 10.1 Å². The zero-order valence-electron chi connectivity index (χ0n) is 14.0. The summed E-state index contributed by atoms with van der Waals surface area (Å²) in [7, 11) is -2.11. The molecule has 0 N–H and O–H groups in total. The molecule has 0 amide bonds. The van der Waals surface area contributed by atoms with E-state index in [0.717, 1.165) is 36.1 Å². The van der Waals surface area contributed by atoms with Gasteiger partial charge in [0.05, 0.1) is 18.1 Å². The first-order valence-corrected chi connectivity index (χ1v) is 9.54. The second-order valence-corrected chi connectivity index (χ2v) is 7.79. The van der Waals surface area contributed by atoms with Crippen molar-refractivity contribution in [3.8, 4) is 5.75 Å². The maximum atomic E-state index is 12.5. The number of aryl methyl sites for hydroxylation is 2. The van der Waals surface area contributed by atoms with Crippen molar-refractivity contribution in [3.05, 3.63) is 59.2 Å². The number of ether oxygens (including phenoxy) is 1. The Morgan fingerprint density at radius 1 is 1.04 bits per heavy atom. The molecule has 0 radical (unpaired) electrons. The van der Waals surface area contributed by atoms with Crippen LogP contribution >= 0.6 is 0 Å². The molecule has 0 unspecified atom stereocenters. The van der Waals surface area contributed by atoms with Crippen LogP contribution < -0.4 is 4.74 Å². The molecule has 2 aromatic rings. The molecule has 0 saturated carbocycles. The summed E-state index contributed by atoms with van der Waals surface area (Å²) in [6.45, 7) is 1.92. The van der Waals surface area contributed by atoms with Gasteiger partial charge in [-0.3, -0.25) is 4.18 Å². The first kappa shape index (κ1) is 17.0. The van der Waals surface area contributed by atoms with E-state index in [-0.39, 0.29) is 11.0 Å². The van der Waals surface area contributed by atoms with Crippen molar-refractivity contribution in [1.82, 2.24) is 0 Å². The highest BCUT2D eigenvalue weighted by Gasteiger charge is 2.25. The van der Waals surface area contributed by atoms with Crippen LogP contribution in [0.4, 0.5) is 0 Å². The second kappa shape index (κ2) is 6.95. The number of fused-ring (bicyclic) bond motifs is 1. The maximum Gasteiger partial charge on any atom is 0.297 e. The van der Waals surface area contributed by atoms with Crippen LogP contribution in [0.1, 0.15) is 29.5 Å². The quantitative estimate of drug-likeness (QED) is 0.626. The van der Waals surface area contributed by atoms with Crippen molar-refractivity contribution in [2.24, 2.45) is 0 Å². The lowest BCUT2D eigenvalue weighted by atomic mass is 10.0. The summed E-state index contributed by atoms with van der Waals surface area (Å²) in [5, 5.41) is 0. The third-order valence-electron chi connectivity index (χ3n) is 4.41. The Kier molecular flexibility index (Phi) is 4.92. The predicted molar refractivity (Wildman–Crippen MR) is 92.9 cm³/mol. The topological polar surface area (TPSA) is 52.6 Å². The Balaban J connectivity index is 1.80. The van der Waals surface area contributed by atoms with Gasteiger partial charge in [-0.15, -0.1) is 0 Å². The van der Waals surface area contributed by atoms with Gasteiger partial charge in [-0.05, 0) is 61.6 Å². The van der Waals surface area contributed by atoms with Crippen LogP contribution in [0.2, 0.25) is 0 Å². The van der Waals surface area contributed by atoms with Gasteiger partial charge in [-0.1, -0.05) is 23.8 Å². The largest absolute Gasteiger partial charge is 0.497 e. The first-order valence-electron chi connectivity index (χ1n) is 8.14. The molecule has 4 nitrogen and oxygen atoms in total. The van der Waals surface area contributed by atoms with Gasteiger partial charge in [0.2, 0.25) is 0 Å². The van der Waals surface area contributed by atoms with E-state index in [4.69, 9.17) is 8.92 Å². The van der Waals surface area contributed by atoms with Gasteiger partial charge in [0.15, 0.2) is 0 Å². The second-order valence-electron chi connectivity index (χ2n) is 6.22. The van der Waals surface area contributed by atoms with Crippen LogP contribution in [0.5, 0.6) is 5.75 Å². The molecule has 1 aliphatic carbocycles. The third kappa shape index (κ3) is 3.79. The zero-order chi connectivity index (χ0) is 17.2. The van der Waals surface area contributed by atoms with Crippen molar-refractivity contribution < 1.29 is 17.3 Å². The van der Waals surface area contributed by atoms with E-state index in [9.17, 15) is 8.42 Å². The normalized spacial score (nSPS) is 17.8. The minimum absolute atomic E-state index is 0.211. The molecule has 0 aliphatic heterocycles. The van der Waals surface area contributed by atoms with E-state index in [1.165, 1.54) is 5.56 Å². The average molecular weight is 346 g/mol. The SMILES string of the molecule is COc1ccc2c(c1)C[C@@H](OS(=O)(=O)c1ccc(C)cc1)CCC2. The lowest BCUT2D eigenvalue weighted by Crippen LogP contribution is -2.20. The van der Waals surface area contributed by atoms with E-state index in [0.29, 0.717) is 6.42 Å². The molecule has 0 fully saturated rings. The average Bonchev–Trinajstić information content (AvgIpc) is 2.75. The van der Waals surface area contributed by atoms with Crippen molar-refractivity contribution in [1.29, 1.82) is 0 Å². The summed E-state index contributed by atoms with van der Waals surface area (Å²) in [6, 6.07) is 12.7. The summed E-state index contributed by atoms with van der Waals surface area (Å²) in [5.74, 6) is 0.788. The standard InChI is InChI=1S/C19H22O4S/c1-14-6-10-19(11-7-14)24(20,21)23-18-5-3-4-15-8-9-17(22-2)12-16(15)13-18/h6-12,18H,3-5,13H2,1-2H3/t18-/m0/s1. The molecule has 1 atom stereocenters. The van der Waals surface area contributed by atoms with Crippen molar-refractivity contribution in [2.75, 3.05) is 7.11 Å². The van der Waals surface area contributed by atoms with Crippen LogP contribution in [0, 0.1) is 6.92 Å². The van der Waals surface area contributed by atoms with Gasteiger partial charge in [-0.25, -0.2) is 0 Å². The van der Waals surface area contributed by atoms with Crippen LogP contribution in [0.15, 0.2) is 47.4 Å². The number of hydrogen-bond acceptors (Lipinski definition) is 4. The molecule has 0 aromatic heterocycles. The molecule has 24 heavy (non-hydrogen) atoms. The minimum Gasteiger partial charge on any atom is -0.497 e. The summed E-state index contributed by atoms with van der Waals surface area (Å²) in [5.41, 5.74) is 3.37. The fourth-order valence-electron chi connectivity index (χ4n) is 3.05. The summed E-state index contributed by atoms with van der Waals surface area (Å²) < 4.78 is 35.8. The summed E-state index contributed by atoms with van der Waals surface area (Å²) >= 11 is 0. The number of hydrogen-bond donors (Lipinski definition) is 0. The maximum absolute atomic E-state index is 12.5. The fourth-order valence-corrected chi connectivity index (χ4v) is 4.16. The molecule has 1 aliphatic rings. The lowest BCUT2D eigenvalue weighted by Gasteiger charge is -2.16. The van der Waals surface area contributed by atoms with Crippen LogP contribution in [-0.4, -0.2) is 21.6 Å². The van der Waals surface area contributed by atoms with E-state index in [1.54, 1.807) is 31.4 Å². The summed E-state index contributed by atoms with van der Waals surface area (Å²) in [4.78, 5) is 0.211. The zero-order valence-corrected chi connectivity index (χ0v) is 14.8. The molecule has 2 aromatic carbocycles. The molecular formula is C19H22O4S. The smallest absolute Gasteiger partial charge is 0.297 e. The Labute approximate surface area is 143 Å². The van der Waals surface area contributed by atoms with E-state index in [1.807, 2.05) is 19.1 Å². The van der Waals surface area contributed by atoms with Crippen LogP contribution in [-0.2, 0) is 27.1 Å². The highest BCUT2D eigenvalue weighted by Crippen LogP contribution is 2.28. The number of methoxy groups -OCH3 is 1. The molecule has 3 rings (SSSR count). The van der Waals surface area contributed by atoms with Gasteiger partial charge in [0.1, 0.15) is 5.75 Å². The van der Waals surface area contributed by atoms with Gasteiger partial charge in [-0.2, -0.15) is 8.42 Å². The molecule has 0 heterocycles. The highest BCUT2D eigenvalue weighted by atomic mass is 32.2. The first-order chi connectivity index (χ1) is 11.5. The minimum atomic E-state index is -3.74. The van der Waals surface area contributed by atoms with Crippen molar-refractivity contribution in [3.63, 3.8) is 0 Å². The van der Waals surface area contributed by atoms with Gasteiger partial charge >= 0.3 is 0 Å². The molecule has 0 saturated heterocycles. The Hall–Kier alpha value is -1.85. The number of benzene rings is 2. The van der Waals surface area contributed by atoms with Crippen molar-refractivity contribution in [2.45, 2.75) is 43.6 Å². The predicted octanol–water partition coefficient (Wildman–Crippen LogP) is 3.66. The molecule has 128 valence electrons. The van der Waals surface area contributed by atoms with Crippen LogP contribution in [0.3, 0.4) is 0 Å². The fraction of sp³-hybridized carbons (Fsp3) is 0.368. The molecule has 5 heteroatoms. The number of rotatable bonds is 4. The third-order valence-corrected chi connectivity index (χ3v) is 5.78. The Morgan fingerprint density at radius 3 is 2.50 bits per heavy atom. The highest BCUT2D eigenvalue weighted by molar-refractivity contribution is 7.86. The van der Waals surface area contributed by atoms with Crippen LogP contribution in [0.25, 0.3) is 0 Å². The molecular weight excluding hydrogens is 324 g/mol. The molecule has 0 spiro atoms. The Bertz CT molecular complexity index is 810. The van der Waals surface area contributed by atoms with Crippen molar-refractivity contribution >= 4 is 10.1 Å². The monoisotopic (exact) mass is 346 g/mol.